The molecule has 0 bridgehead atoms. The Bertz CT molecular complexity index is 971. The van der Waals surface area contributed by atoms with E-state index in [0.717, 1.165) is 28.9 Å². The minimum atomic E-state index is -0.281. The third-order valence-corrected chi connectivity index (χ3v) is 5.34. The van der Waals surface area contributed by atoms with Crippen molar-refractivity contribution in [2.75, 3.05) is 52.0 Å². The summed E-state index contributed by atoms with van der Waals surface area (Å²) in [6.45, 7) is 10.9. The summed E-state index contributed by atoms with van der Waals surface area (Å²) in [6.07, 6.45) is 0.743. The number of benzene rings is 2. The quantitative estimate of drug-likeness (QED) is 0.318. The number of hydrogen-bond acceptors (Lipinski definition) is 8. The molecule has 36 heavy (non-hydrogen) atoms. The van der Waals surface area contributed by atoms with Gasteiger partial charge in [0.1, 0.15) is 18.2 Å². The van der Waals surface area contributed by atoms with Gasteiger partial charge in [0, 0.05) is 12.2 Å². The van der Waals surface area contributed by atoms with E-state index >= 15 is 0 Å². The van der Waals surface area contributed by atoms with E-state index in [9.17, 15) is 4.39 Å². The maximum atomic E-state index is 13.5. The fraction of sp³-hybridized carbons (Fsp3) is 0.481. The molecule has 1 atom stereocenters. The predicted octanol–water partition coefficient (Wildman–Crippen LogP) is 4.29. The number of fused-ring (bicyclic) bond motifs is 3. The average Bonchev–Trinajstić information content (AvgIpc) is 3.46. The summed E-state index contributed by atoms with van der Waals surface area (Å²) in [7, 11) is 1.63. The lowest BCUT2D eigenvalue weighted by molar-refractivity contribution is 0.0385. The zero-order chi connectivity index (χ0) is 26.3. The SMILES string of the molecule is CC.CC.COc1cc2c(cc1OCCOCCOCCN)CC1=C(Nc3cccc(F)c3)NNC12. The normalized spacial score (nSPS) is 15.0. The molecule has 1 aliphatic carbocycles. The maximum Gasteiger partial charge on any atom is 0.161 e. The molecule has 2 aliphatic rings. The second kappa shape index (κ2) is 16.0. The van der Waals surface area contributed by atoms with E-state index < -0.39 is 0 Å². The highest BCUT2D eigenvalue weighted by molar-refractivity contribution is 5.59. The Morgan fingerprint density at radius 2 is 1.69 bits per heavy atom. The first-order valence-corrected chi connectivity index (χ1v) is 12.7. The molecule has 2 aromatic carbocycles. The number of anilines is 1. The lowest BCUT2D eigenvalue weighted by Crippen LogP contribution is -2.29. The van der Waals surface area contributed by atoms with Crippen LogP contribution in [0.4, 0.5) is 10.1 Å². The van der Waals surface area contributed by atoms with E-state index in [-0.39, 0.29) is 11.9 Å². The predicted molar refractivity (Wildman–Crippen MR) is 142 cm³/mol. The highest BCUT2D eigenvalue weighted by atomic mass is 19.1. The van der Waals surface area contributed by atoms with Gasteiger partial charge in [0.25, 0.3) is 0 Å². The van der Waals surface area contributed by atoms with Crippen LogP contribution in [0.1, 0.15) is 44.9 Å². The van der Waals surface area contributed by atoms with Gasteiger partial charge in [-0.1, -0.05) is 33.8 Å². The third kappa shape index (κ3) is 7.83. The van der Waals surface area contributed by atoms with Crippen LogP contribution in [0.3, 0.4) is 0 Å². The second-order valence-electron chi connectivity index (χ2n) is 7.48. The van der Waals surface area contributed by atoms with Crippen LogP contribution in [0.2, 0.25) is 0 Å². The molecule has 1 heterocycles. The number of nitrogens with one attached hydrogen (secondary N) is 3. The topological polar surface area (TPSA) is 99.0 Å². The highest BCUT2D eigenvalue weighted by Gasteiger charge is 2.35. The summed E-state index contributed by atoms with van der Waals surface area (Å²) in [5.74, 6) is 1.91. The number of hydrogen-bond donors (Lipinski definition) is 4. The lowest BCUT2D eigenvalue weighted by atomic mass is 10.1. The zero-order valence-corrected chi connectivity index (χ0v) is 22.1. The fourth-order valence-electron chi connectivity index (χ4n) is 3.87. The molecule has 0 radical (unpaired) electrons. The molecule has 0 saturated heterocycles. The van der Waals surface area contributed by atoms with Crippen molar-refractivity contribution in [1.29, 1.82) is 0 Å². The van der Waals surface area contributed by atoms with Gasteiger partial charge in [0.15, 0.2) is 11.5 Å². The summed E-state index contributed by atoms with van der Waals surface area (Å²) >= 11 is 0. The molecule has 4 rings (SSSR count). The van der Waals surface area contributed by atoms with E-state index in [1.54, 1.807) is 13.2 Å². The number of nitrogens with two attached hydrogens (primary N) is 1. The van der Waals surface area contributed by atoms with Gasteiger partial charge in [-0.2, -0.15) is 0 Å². The van der Waals surface area contributed by atoms with Gasteiger partial charge >= 0.3 is 0 Å². The molecule has 0 spiro atoms. The van der Waals surface area contributed by atoms with Crippen molar-refractivity contribution in [1.82, 2.24) is 10.9 Å². The number of ether oxygens (including phenoxy) is 4. The summed E-state index contributed by atoms with van der Waals surface area (Å²) in [6, 6.07) is 10.4. The molecular weight excluding hydrogens is 463 g/mol. The van der Waals surface area contributed by atoms with Gasteiger partial charge in [-0.25, -0.2) is 9.82 Å². The molecule has 2 aromatic rings. The van der Waals surface area contributed by atoms with Gasteiger partial charge in [-0.3, -0.25) is 0 Å². The van der Waals surface area contributed by atoms with Crippen molar-refractivity contribution in [2.45, 2.75) is 40.2 Å². The molecule has 5 N–H and O–H groups in total. The molecule has 0 fully saturated rings. The van der Waals surface area contributed by atoms with Gasteiger partial charge in [-0.15, -0.1) is 0 Å². The molecular formula is C27H41FN4O4. The first kappa shape index (κ1) is 29.4. The molecule has 0 saturated carbocycles. The molecule has 1 unspecified atom stereocenters. The van der Waals surface area contributed by atoms with Gasteiger partial charge in [0.05, 0.1) is 39.6 Å². The largest absolute Gasteiger partial charge is 0.493 e. The minimum Gasteiger partial charge on any atom is -0.493 e. The minimum absolute atomic E-state index is 0.0147. The van der Waals surface area contributed by atoms with E-state index in [4.69, 9.17) is 24.7 Å². The highest BCUT2D eigenvalue weighted by Crippen LogP contribution is 2.44. The number of hydrazine groups is 1. The van der Waals surface area contributed by atoms with Crippen molar-refractivity contribution in [3.05, 3.63) is 64.7 Å². The van der Waals surface area contributed by atoms with Crippen molar-refractivity contribution in [3.8, 4) is 11.5 Å². The molecule has 0 amide bonds. The molecule has 0 aromatic heterocycles. The van der Waals surface area contributed by atoms with Crippen LogP contribution < -0.4 is 31.4 Å². The van der Waals surface area contributed by atoms with E-state index in [1.165, 1.54) is 12.1 Å². The van der Waals surface area contributed by atoms with Gasteiger partial charge < -0.3 is 35.4 Å². The average molecular weight is 505 g/mol. The Kier molecular flexibility index (Phi) is 13.1. The van der Waals surface area contributed by atoms with Crippen LogP contribution in [0.25, 0.3) is 0 Å². The second-order valence-corrected chi connectivity index (χ2v) is 7.48. The molecule has 8 nitrogen and oxygen atoms in total. The summed E-state index contributed by atoms with van der Waals surface area (Å²) in [5.41, 5.74) is 16.0. The van der Waals surface area contributed by atoms with Crippen molar-refractivity contribution < 1.29 is 23.3 Å². The third-order valence-electron chi connectivity index (χ3n) is 5.34. The monoisotopic (exact) mass is 504 g/mol. The maximum absolute atomic E-state index is 13.5. The standard InChI is InChI=1S/C23H29FN4O4.2C2H6/c1-29-20-14-18-15(12-21(20)32-10-9-31-8-7-30-6-5-25)11-19-22(18)27-28-23(19)26-17-4-2-3-16(24)13-17;2*1-2/h2-4,12-14,22,26-28H,5-11,25H2,1H3;2*1-2H3. The Balaban J connectivity index is 0.00000109. The summed E-state index contributed by atoms with van der Waals surface area (Å²) in [5, 5.41) is 3.27. The van der Waals surface area contributed by atoms with Crippen LogP contribution in [0, 0.1) is 5.82 Å². The molecule has 1 aliphatic heterocycles. The fourth-order valence-corrected chi connectivity index (χ4v) is 3.87. The van der Waals surface area contributed by atoms with E-state index in [2.05, 4.69) is 16.2 Å². The van der Waals surface area contributed by atoms with Crippen molar-refractivity contribution in [3.63, 3.8) is 0 Å². The van der Waals surface area contributed by atoms with E-state index in [1.807, 2.05) is 45.9 Å². The van der Waals surface area contributed by atoms with Gasteiger partial charge in [0.2, 0.25) is 0 Å². The summed E-state index contributed by atoms with van der Waals surface area (Å²) < 4.78 is 35.8. The van der Waals surface area contributed by atoms with Crippen molar-refractivity contribution in [2.24, 2.45) is 5.73 Å². The Morgan fingerprint density at radius 3 is 2.39 bits per heavy atom. The molecule has 200 valence electrons. The summed E-state index contributed by atoms with van der Waals surface area (Å²) in [4.78, 5) is 0. The van der Waals surface area contributed by atoms with Crippen LogP contribution in [-0.2, 0) is 15.9 Å². The number of methoxy groups -OCH3 is 1. The van der Waals surface area contributed by atoms with Crippen LogP contribution in [0.5, 0.6) is 11.5 Å². The van der Waals surface area contributed by atoms with Crippen LogP contribution >= 0.6 is 0 Å². The Labute approximate surface area is 214 Å². The Hall–Kier alpha value is -2.85. The van der Waals surface area contributed by atoms with Crippen LogP contribution in [-0.4, -0.2) is 46.7 Å². The van der Waals surface area contributed by atoms with Crippen LogP contribution in [0.15, 0.2) is 47.8 Å². The van der Waals surface area contributed by atoms with Gasteiger partial charge in [-0.05, 0) is 53.5 Å². The Morgan fingerprint density at radius 1 is 0.972 bits per heavy atom. The zero-order valence-electron chi connectivity index (χ0n) is 22.1. The smallest absolute Gasteiger partial charge is 0.161 e. The lowest BCUT2D eigenvalue weighted by Gasteiger charge is -2.15. The first-order chi connectivity index (χ1) is 17.7. The first-order valence-electron chi connectivity index (χ1n) is 12.7. The van der Waals surface area contributed by atoms with Crippen molar-refractivity contribution >= 4 is 5.69 Å². The van der Waals surface area contributed by atoms with E-state index in [0.29, 0.717) is 56.8 Å². The number of rotatable bonds is 12. The number of halogens is 1. The molecule has 9 heteroatoms.